The first-order chi connectivity index (χ1) is 28.2. The minimum Gasteiger partial charge on any atom is -0.463 e. The number of aliphatic hydroxyl groups is 2. The van der Waals surface area contributed by atoms with Gasteiger partial charge in [-0.2, -0.15) is 0 Å². The van der Waals surface area contributed by atoms with Gasteiger partial charge in [-0.15, -0.1) is 0 Å². The molecule has 3 aliphatic heterocycles. The molecule has 346 valence electrons. The van der Waals surface area contributed by atoms with Crippen LogP contribution in [0.15, 0.2) is 0 Å². The number of hydrogen-bond acceptors (Lipinski definition) is 18. The van der Waals surface area contributed by atoms with E-state index in [1.807, 2.05) is 18.9 Å². The Balaban J connectivity index is 2.04. The van der Waals surface area contributed by atoms with E-state index in [1.54, 1.807) is 60.5 Å². The fourth-order valence-corrected chi connectivity index (χ4v) is 8.53. The monoisotopic (exact) mass is 860 g/mol. The number of hydrogen-bond donors (Lipinski definition) is 2. The van der Waals surface area contributed by atoms with Gasteiger partial charge in [0.2, 0.25) is 0 Å². The number of aldehydes is 1. The van der Waals surface area contributed by atoms with E-state index in [-0.39, 0.29) is 44.4 Å². The third kappa shape index (κ3) is 14.1. The number of β-amino-alcohol motifs (C(OH)–C–C–N with tert-alkyl or cyclic N) is 1. The number of carbonyl (C=O) groups excluding carboxylic acids is 5. The summed E-state index contributed by atoms with van der Waals surface area (Å²) in [4.78, 5) is 67.0. The number of nitrogens with zero attached hydrogens (tertiary/aromatic N) is 2. The van der Waals surface area contributed by atoms with Gasteiger partial charge in [0.15, 0.2) is 24.3 Å². The molecule has 18 nitrogen and oxygen atoms in total. The summed E-state index contributed by atoms with van der Waals surface area (Å²) >= 11 is 0. The van der Waals surface area contributed by atoms with Crippen molar-refractivity contribution in [3.8, 4) is 0 Å². The first-order valence-corrected chi connectivity index (χ1v) is 21.3. The Kier molecular flexibility index (Phi) is 20.3. The number of carbonyl (C=O) groups is 5. The molecule has 16 atom stereocenters. The zero-order chi connectivity index (χ0) is 45.1. The van der Waals surface area contributed by atoms with Crippen molar-refractivity contribution < 1.29 is 76.8 Å². The van der Waals surface area contributed by atoms with E-state index in [4.69, 9.17) is 42.6 Å². The van der Waals surface area contributed by atoms with Crippen molar-refractivity contribution in [1.29, 1.82) is 0 Å². The molecular formula is C42H72N2O16. The summed E-state index contributed by atoms with van der Waals surface area (Å²) in [5, 5.41) is 23.5. The Morgan fingerprint density at radius 1 is 0.967 bits per heavy atom. The average Bonchev–Trinajstić information content (AvgIpc) is 3.15. The average molecular weight is 861 g/mol. The summed E-state index contributed by atoms with van der Waals surface area (Å²) in [6, 6.07) is -0.803. The predicted octanol–water partition coefficient (Wildman–Crippen LogP) is 2.16. The van der Waals surface area contributed by atoms with Crippen LogP contribution in [0.1, 0.15) is 100 Å². The lowest BCUT2D eigenvalue weighted by atomic mass is 9.82. The lowest BCUT2D eigenvalue weighted by Gasteiger charge is -2.50. The highest BCUT2D eigenvalue weighted by Crippen LogP contribution is 2.39. The predicted molar refractivity (Wildman–Crippen MR) is 214 cm³/mol. The van der Waals surface area contributed by atoms with Crippen molar-refractivity contribution in [3.63, 3.8) is 0 Å². The van der Waals surface area contributed by atoms with Crippen LogP contribution in [-0.4, -0.2) is 177 Å². The Labute approximate surface area is 355 Å². The fraction of sp³-hybridized carbons (Fsp3) is 0.881. The van der Waals surface area contributed by atoms with Gasteiger partial charge in [0.25, 0.3) is 0 Å². The molecule has 18 heteroatoms. The van der Waals surface area contributed by atoms with Crippen LogP contribution in [0.4, 0.5) is 0 Å². The second kappa shape index (κ2) is 23.6. The maximum atomic E-state index is 13.4. The van der Waals surface area contributed by atoms with E-state index in [1.165, 1.54) is 14.0 Å². The van der Waals surface area contributed by atoms with Crippen LogP contribution in [0.25, 0.3) is 0 Å². The van der Waals surface area contributed by atoms with Gasteiger partial charge in [-0.25, -0.2) is 0 Å². The van der Waals surface area contributed by atoms with E-state index >= 15 is 0 Å². The topological polar surface area (TPSA) is 215 Å². The molecule has 3 aliphatic rings. The molecule has 0 radical (unpaired) electrons. The van der Waals surface area contributed by atoms with Crippen LogP contribution in [0, 0.1) is 11.8 Å². The second-order valence-corrected chi connectivity index (χ2v) is 17.1. The smallest absolute Gasteiger partial charge is 0.309 e. The van der Waals surface area contributed by atoms with Crippen LogP contribution >= 0.6 is 0 Å². The van der Waals surface area contributed by atoms with Gasteiger partial charge in [0.1, 0.15) is 36.8 Å². The van der Waals surface area contributed by atoms with Crippen LogP contribution in [0.2, 0.25) is 0 Å². The molecule has 0 aliphatic carbocycles. The molecular weight excluding hydrogens is 788 g/mol. The highest BCUT2D eigenvalue weighted by Gasteiger charge is 2.54. The molecule has 0 saturated carbocycles. The maximum Gasteiger partial charge on any atom is 0.309 e. The number of methoxy groups -OCH3 is 1. The molecule has 0 aromatic carbocycles. The Morgan fingerprint density at radius 3 is 2.20 bits per heavy atom. The molecule has 0 amide bonds. The Bertz CT molecular complexity index is 1400. The van der Waals surface area contributed by atoms with Crippen LogP contribution < -0.4 is 0 Å². The summed E-state index contributed by atoms with van der Waals surface area (Å²) in [5.74, 6) is -3.35. The van der Waals surface area contributed by atoms with Gasteiger partial charge in [0, 0.05) is 52.8 Å². The van der Waals surface area contributed by atoms with E-state index in [2.05, 4.69) is 0 Å². The van der Waals surface area contributed by atoms with Crippen molar-refractivity contribution in [1.82, 2.24) is 9.80 Å². The number of esters is 4. The molecule has 2 N–H and O–H groups in total. The fourth-order valence-electron chi connectivity index (χ4n) is 8.53. The zero-order valence-corrected chi connectivity index (χ0v) is 37.6. The van der Waals surface area contributed by atoms with Gasteiger partial charge >= 0.3 is 23.9 Å². The van der Waals surface area contributed by atoms with Crippen LogP contribution in [-0.2, 0) is 66.6 Å². The summed E-state index contributed by atoms with van der Waals surface area (Å²) in [7, 11) is 6.73. The molecule has 10 unspecified atom stereocenters. The van der Waals surface area contributed by atoms with E-state index in [0.29, 0.717) is 19.5 Å². The quantitative estimate of drug-likeness (QED) is 0.154. The van der Waals surface area contributed by atoms with Gasteiger partial charge in [-0.05, 0) is 73.5 Å². The van der Waals surface area contributed by atoms with Gasteiger partial charge < -0.3 is 67.4 Å². The van der Waals surface area contributed by atoms with Crippen LogP contribution in [0.3, 0.4) is 0 Å². The van der Waals surface area contributed by atoms with Gasteiger partial charge in [-0.1, -0.05) is 20.8 Å². The molecule has 0 aromatic rings. The van der Waals surface area contributed by atoms with Crippen LogP contribution in [0.5, 0.6) is 0 Å². The lowest BCUT2D eigenvalue weighted by Crippen LogP contribution is -2.66. The molecule has 60 heavy (non-hydrogen) atoms. The summed E-state index contributed by atoms with van der Waals surface area (Å²) < 4.78 is 54.9. The van der Waals surface area contributed by atoms with Crippen molar-refractivity contribution in [2.45, 2.75) is 186 Å². The largest absolute Gasteiger partial charge is 0.463 e. The standard InChI is InChI=1S/C42H72N2O16/c1-13-31(48)56-30-20-33(50)53-24(4)15-17-44(11)22-29(47)23(3)19-28(16-18-45)38(39(30)52-12)59-41-36(51)35(43(9)10)37(25(5)55-41)58-34-21-42(8,60-27(7)46)40(26(6)54-34)57-32(49)14-2/h18,23-26,28-30,34-41,47,51H,13-17,19-22H2,1-12H3/t23-,24-,25?,26?,28+,29+,30-,34?,35?,36?,37?,38+,39?,40?,41?,42?/m1/s1. The van der Waals surface area contributed by atoms with Crippen molar-refractivity contribution in [3.05, 3.63) is 0 Å². The molecule has 3 heterocycles. The number of aliphatic hydroxyl groups excluding tert-OH is 2. The van der Waals surface area contributed by atoms with E-state index in [0.717, 1.165) is 6.29 Å². The summed E-state index contributed by atoms with van der Waals surface area (Å²) in [6.45, 7) is 14.1. The molecule has 3 rings (SSSR count). The normalized spacial score (nSPS) is 39.1. The first-order valence-electron chi connectivity index (χ1n) is 21.3. The molecule has 0 bridgehead atoms. The van der Waals surface area contributed by atoms with Crippen molar-refractivity contribution in [2.24, 2.45) is 11.8 Å². The SMILES string of the molecule is CCC(=O)OC1C(C)OC(OC2C(C)OC(O[C@@H]3C(OC)[C@H](OC(=O)CC)CC(=O)O[C@H](C)CCN(C)C[C@H](O)[C@H](C)C[C@@H]3CC=O)C(O)C2N(C)C)CC1(C)OC(C)=O. The third-order valence-electron chi connectivity index (χ3n) is 11.7. The van der Waals surface area contributed by atoms with Crippen molar-refractivity contribution in [2.75, 3.05) is 41.3 Å². The highest BCUT2D eigenvalue weighted by molar-refractivity contribution is 5.73. The van der Waals surface area contributed by atoms with E-state index in [9.17, 15) is 34.2 Å². The number of ether oxygens (including phenoxy) is 9. The molecule has 3 fully saturated rings. The first kappa shape index (κ1) is 51.5. The number of cyclic esters (lactones) is 1. The van der Waals surface area contributed by atoms with Gasteiger partial charge in [-0.3, -0.25) is 19.2 Å². The number of rotatable bonds is 13. The number of likely N-dealkylation sites (N-methyl/N-ethyl adjacent to an activating group) is 2. The van der Waals surface area contributed by atoms with Crippen molar-refractivity contribution >= 4 is 30.2 Å². The maximum absolute atomic E-state index is 13.4. The molecule has 3 saturated heterocycles. The minimum absolute atomic E-state index is 0.000830. The summed E-state index contributed by atoms with van der Waals surface area (Å²) in [6.07, 6.45) is -10.8. The minimum atomic E-state index is -1.41. The zero-order valence-electron chi connectivity index (χ0n) is 37.6. The molecule has 0 aromatic heterocycles. The Morgan fingerprint density at radius 2 is 1.62 bits per heavy atom. The van der Waals surface area contributed by atoms with E-state index < -0.39 is 115 Å². The highest BCUT2D eigenvalue weighted by atomic mass is 16.7. The Hall–Kier alpha value is -2.81. The second-order valence-electron chi connectivity index (χ2n) is 17.1. The summed E-state index contributed by atoms with van der Waals surface area (Å²) in [5.41, 5.74) is -1.31. The third-order valence-corrected chi connectivity index (χ3v) is 11.7. The van der Waals surface area contributed by atoms with Gasteiger partial charge in [0.05, 0.1) is 36.9 Å². The lowest BCUT2D eigenvalue weighted by molar-refractivity contribution is -0.344. The molecule has 0 spiro atoms.